The number of carbonyl (C=O) groups excluding carboxylic acids is 2. The molecule has 0 aromatic rings. The van der Waals surface area contributed by atoms with Crippen molar-refractivity contribution in [3.8, 4) is 0 Å². The molecule has 6 heteroatoms. The molecule has 0 aliphatic carbocycles. The van der Waals surface area contributed by atoms with E-state index in [1.54, 1.807) is 13.8 Å². The van der Waals surface area contributed by atoms with E-state index >= 15 is 0 Å². The number of hydrogen-bond acceptors (Lipinski definition) is 6. The van der Waals surface area contributed by atoms with Gasteiger partial charge in [0.1, 0.15) is 24.4 Å². The van der Waals surface area contributed by atoms with Crippen LogP contribution in [-0.4, -0.2) is 49.6 Å². The summed E-state index contributed by atoms with van der Waals surface area (Å²) in [6.45, 7) is 8.25. The van der Waals surface area contributed by atoms with Gasteiger partial charge in [-0.3, -0.25) is 4.79 Å². The van der Waals surface area contributed by atoms with Crippen molar-refractivity contribution in [3.05, 3.63) is 12.2 Å². The largest absolute Gasteiger partial charge is 0.460 e. The first-order valence-electron chi connectivity index (χ1n) is 6.29. The molecule has 0 aromatic heterocycles. The van der Waals surface area contributed by atoms with Crippen molar-refractivity contribution in [3.63, 3.8) is 0 Å². The molecule has 0 saturated carbocycles. The van der Waals surface area contributed by atoms with Crippen molar-refractivity contribution in [2.75, 3.05) is 13.2 Å². The summed E-state index contributed by atoms with van der Waals surface area (Å²) >= 11 is 0. The van der Waals surface area contributed by atoms with E-state index < -0.39 is 11.9 Å². The van der Waals surface area contributed by atoms with Crippen LogP contribution < -0.4 is 0 Å². The minimum atomic E-state index is -0.588. The molecule has 2 aliphatic rings. The fourth-order valence-corrected chi connectivity index (χ4v) is 1.55. The summed E-state index contributed by atoms with van der Waals surface area (Å²) in [7, 11) is 0. The highest BCUT2D eigenvalue weighted by Crippen LogP contribution is 2.19. The SMILES string of the molecule is C=C(CC(=O)OC(C)C1CO1)C(=O)OC(C)C1CO1. The maximum absolute atomic E-state index is 11.6. The van der Waals surface area contributed by atoms with Crippen LogP contribution in [0.1, 0.15) is 20.3 Å². The average Bonchev–Trinajstić information content (AvgIpc) is 3.17. The highest BCUT2D eigenvalue weighted by atomic mass is 16.6. The maximum Gasteiger partial charge on any atom is 0.334 e. The van der Waals surface area contributed by atoms with Crippen LogP contribution in [0.2, 0.25) is 0 Å². The molecule has 2 rings (SSSR count). The van der Waals surface area contributed by atoms with Crippen LogP contribution in [0.5, 0.6) is 0 Å². The van der Waals surface area contributed by atoms with Crippen LogP contribution in [0.3, 0.4) is 0 Å². The monoisotopic (exact) mass is 270 g/mol. The Labute approximate surface area is 111 Å². The predicted octanol–water partition coefficient (Wildman–Crippen LogP) is 0.594. The fraction of sp³-hybridized carbons (Fsp3) is 0.692. The number of carbonyl (C=O) groups is 2. The van der Waals surface area contributed by atoms with Gasteiger partial charge in [0, 0.05) is 5.57 Å². The molecule has 2 saturated heterocycles. The lowest BCUT2D eigenvalue weighted by atomic mass is 10.2. The van der Waals surface area contributed by atoms with Crippen molar-refractivity contribution in [1.82, 2.24) is 0 Å². The zero-order chi connectivity index (χ0) is 14.0. The summed E-state index contributed by atoms with van der Waals surface area (Å²) < 4.78 is 20.2. The van der Waals surface area contributed by atoms with Gasteiger partial charge in [-0.2, -0.15) is 0 Å². The van der Waals surface area contributed by atoms with Crippen LogP contribution in [0, 0.1) is 0 Å². The van der Waals surface area contributed by atoms with Crippen molar-refractivity contribution in [2.45, 2.75) is 44.7 Å². The van der Waals surface area contributed by atoms with E-state index in [-0.39, 0.29) is 36.4 Å². The van der Waals surface area contributed by atoms with E-state index in [2.05, 4.69) is 6.58 Å². The van der Waals surface area contributed by atoms with Gasteiger partial charge in [-0.15, -0.1) is 0 Å². The molecule has 0 spiro atoms. The molecular weight excluding hydrogens is 252 g/mol. The first-order valence-corrected chi connectivity index (χ1v) is 6.29. The third-order valence-electron chi connectivity index (χ3n) is 3.02. The van der Waals surface area contributed by atoms with Gasteiger partial charge in [0.25, 0.3) is 0 Å². The van der Waals surface area contributed by atoms with Gasteiger partial charge in [-0.05, 0) is 13.8 Å². The molecule has 0 N–H and O–H groups in total. The topological polar surface area (TPSA) is 77.7 Å². The van der Waals surface area contributed by atoms with E-state index in [1.807, 2.05) is 0 Å². The quantitative estimate of drug-likeness (QED) is 0.383. The van der Waals surface area contributed by atoms with E-state index in [9.17, 15) is 9.59 Å². The van der Waals surface area contributed by atoms with Crippen molar-refractivity contribution < 1.29 is 28.5 Å². The molecule has 19 heavy (non-hydrogen) atoms. The Balaban J connectivity index is 1.69. The molecular formula is C13H18O6. The Bertz CT molecular complexity index is 383. The predicted molar refractivity (Wildman–Crippen MR) is 64.3 cm³/mol. The highest BCUT2D eigenvalue weighted by Gasteiger charge is 2.34. The molecule has 0 radical (unpaired) electrons. The van der Waals surface area contributed by atoms with E-state index in [4.69, 9.17) is 18.9 Å². The molecule has 0 aromatic carbocycles. The van der Waals surface area contributed by atoms with Crippen molar-refractivity contribution in [2.24, 2.45) is 0 Å². The standard InChI is InChI=1S/C13H18O6/c1-7(13(15)19-9(3)11-6-17-11)4-12(14)18-8(2)10-5-16-10/h8-11H,1,4-6H2,2-3H3. The van der Waals surface area contributed by atoms with Crippen molar-refractivity contribution >= 4 is 11.9 Å². The van der Waals surface area contributed by atoms with Gasteiger partial charge < -0.3 is 18.9 Å². The number of esters is 2. The maximum atomic E-state index is 11.6. The smallest absolute Gasteiger partial charge is 0.334 e. The molecule has 0 bridgehead atoms. The second-order valence-corrected chi connectivity index (χ2v) is 4.83. The van der Waals surface area contributed by atoms with Crippen LogP contribution >= 0.6 is 0 Å². The first-order chi connectivity index (χ1) is 8.97. The molecule has 4 unspecified atom stereocenters. The first kappa shape index (κ1) is 14.0. The Morgan fingerprint density at radius 1 is 1.16 bits per heavy atom. The van der Waals surface area contributed by atoms with Gasteiger partial charge >= 0.3 is 11.9 Å². The van der Waals surface area contributed by atoms with Gasteiger partial charge in [0.2, 0.25) is 0 Å². The van der Waals surface area contributed by atoms with Gasteiger partial charge in [-0.25, -0.2) is 4.79 Å². The van der Waals surface area contributed by atoms with E-state index in [0.29, 0.717) is 13.2 Å². The van der Waals surface area contributed by atoms with Gasteiger partial charge in [0.15, 0.2) is 0 Å². The molecule has 0 amide bonds. The van der Waals surface area contributed by atoms with Crippen LogP contribution in [0.4, 0.5) is 0 Å². The molecule has 2 aliphatic heterocycles. The lowest BCUT2D eigenvalue weighted by Crippen LogP contribution is -2.24. The minimum absolute atomic E-state index is 0.0174. The normalized spacial score (nSPS) is 27.1. The summed E-state index contributed by atoms with van der Waals surface area (Å²) in [5, 5.41) is 0. The Morgan fingerprint density at radius 2 is 1.63 bits per heavy atom. The summed E-state index contributed by atoms with van der Waals surface area (Å²) in [4.78, 5) is 23.2. The van der Waals surface area contributed by atoms with E-state index in [0.717, 1.165) is 0 Å². The Morgan fingerprint density at radius 3 is 2.11 bits per heavy atom. The summed E-state index contributed by atoms with van der Waals surface area (Å²) in [5.41, 5.74) is 0.0846. The van der Waals surface area contributed by atoms with Gasteiger partial charge in [-0.1, -0.05) is 6.58 Å². The van der Waals surface area contributed by atoms with Crippen LogP contribution in [-0.2, 0) is 28.5 Å². The number of epoxide rings is 2. The molecule has 106 valence electrons. The molecule has 6 nitrogen and oxygen atoms in total. The van der Waals surface area contributed by atoms with Crippen molar-refractivity contribution in [1.29, 1.82) is 0 Å². The van der Waals surface area contributed by atoms with E-state index in [1.165, 1.54) is 0 Å². The Kier molecular flexibility index (Phi) is 4.21. The molecule has 2 heterocycles. The number of hydrogen-bond donors (Lipinski definition) is 0. The molecule has 2 fully saturated rings. The van der Waals surface area contributed by atoms with Gasteiger partial charge in [0.05, 0.1) is 19.6 Å². The van der Waals surface area contributed by atoms with Crippen LogP contribution in [0.15, 0.2) is 12.2 Å². The second-order valence-electron chi connectivity index (χ2n) is 4.83. The third-order valence-corrected chi connectivity index (χ3v) is 3.02. The second kappa shape index (κ2) is 5.71. The summed E-state index contributed by atoms with van der Waals surface area (Å²) in [5.74, 6) is -1.09. The Hall–Kier alpha value is -1.40. The zero-order valence-corrected chi connectivity index (χ0v) is 11.1. The lowest BCUT2D eigenvalue weighted by Gasteiger charge is -2.13. The summed E-state index contributed by atoms with van der Waals surface area (Å²) in [6.07, 6.45) is -0.838. The lowest BCUT2D eigenvalue weighted by molar-refractivity contribution is -0.151. The minimum Gasteiger partial charge on any atom is -0.460 e. The average molecular weight is 270 g/mol. The third kappa shape index (κ3) is 4.33. The summed E-state index contributed by atoms with van der Waals surface area (Å²) in [6, 6.07) is 0. The molecule has 4 atom stereocenters. The zero-order valence-electron chi connectivity index (χ0n) is 11.1. The van der Waals surface area contributed by atoms with Crippen LogP contribution in [0.25, 0.3) is 0 Å². The highest BCUT2D eigenvalue weighted by molar-refractivity contribution is 5.93. The number of rotatable bonds is 7. The number of ether oxygens (including phenoxy) is 4. The fourth-order valence-electron chi connectivity index (χ4n) is 1.55.